The maximum absolute atomic E-state index is 4.24. The molecule has 1 saturated carbocycles. The van der Waals surface area contributed by atoms with Gasteiger partial charge in [-0.3, -0.25) is 0 Å². The molecular formula is C13H27NS. The van der Waals surface area contributed by atoms with Gasteiger partial charge in [0.05, 0.1) is 0 Å². The molecule has 2 heteroatoms. The Kier molecular flexibility index (Phi) is 6.74. The monoisotopic (exact) mass is 229 g/mol. The molecule has 15 heavy (non-hydrogen) atoms. The van der Waals surface area contributed by atoms with Crippen molar-refractivity contribution in [1.82, 2.24) is 4.90 Å². The third-order valence-corrected chi connectivity index (χ3v) is 4.09. The van der Waals surface area contributed by atoms with Crippen molar-refractivity contribution in [2.45, 2.75) is 57.9 Å². The number of thiol groups is 1. The number of nitrogens with zero attached hydrogens (tertiary/aromatic N) is 1. The summed E-state index contributed by atoms with van der Waals surface area (Å²) < 4.78 is 0. The van der Waals surface area contributed by atoms with Crippen LogP contribution in [0.3, 0.4) is 0 Å². The molecule has 1 fully saturated rings. The van der Waals surface area contributed by atoms with Crippen molar-refractivity contribution in [3.8, 4) is 0 Å². The summed E-state index contributed by atoms with van der Waals surface area (Å²) in [6, 6.07) is 0.872. The number of hydrogen-bond acceptors (Lipinski definition) is 2. The topological polar surface area (TPSA) is 3.24 Å². The molecule has 0 amide bonds. The van der Waals surface area contributed by atoms with Crippen molar-refractivity contribution in [3.05, 3.63) is 0 Å². The van der Waals surface area contributed by atoms with E-state index in [1.807, 2.05) is 0 Å². The maximum Gasteiger partial charge on any atom is 0.00924 e. The van der Waals surface area contributed by atoms with Crippen LogP contribution in [0, 0.1) is 5.92 Å². The van der Waals surface area contributed by atoms with E-state index in [1.54, 1.807) is 0 Å². The number of rotatable bonds is 6. The van der Waals surface area contributed by atoms with E-state index < -0.39 is 0 Å². The SMILES string of the molecule is CC1CCC(N(C)CCCCCS)CC1. The average molecular weight is 229 g/mol. The Balaban J connectivity index is 2.08. The third-order valence-electron chi connectivity index (χ3n) is 3.78. The highest BCUT2D eigenvalue weighted by atomic mass is 32.1. The molecule has 0 spiro atoms. The van der Waals surface area contributed by atoms with E-state index in [2.05, 4.69) is 31.5 Å². The lowest BCUT2D eigenvalue weighted by atomic mass is 9.87. The fraction of sp³-hybridized carbons (Fsp3) is 1.00. The summed E-state index contributed by atoms with van der Waals surface area (Å²) in [6.45, 7) is 3.68. The van der Waals surface area contributed by atoms with Crippen molar-refractivity contribution in [2.75, 3.05) is 19.3 Å². The highest BCUT2D eigenvalue weighted by Gasteiger charge is 2.20. The minimum Gasteiger partial charge on any atom is -0.303 e. The summed E-state index contributed by atoms with van der Waals surface area (Å²) in [7, 11) is 2.31. The van der Waals surface area contributed by atoms with Crippen LogP contribution in [0.15, 0.2) is 0 Å². The summed E-state index contributed by atoms with van der Waals surface area (Å²) in [5.41, 5.74) is 0. The van der Waals surface area contributed by atoms with E-state index in [-0.39, 0.29) is 0 Å². The lowest BCUT2D eigenvalue weighted by Crippen LogP contribution is -2.35. The molecule has 0 aromatic rings. The first-order valence-electron chi connectivity index (χ1n) is 6.55. The van der Waals surface area contributed by atoms with Crippen LogP contribution in [0.1, 0.15) is 51.9 Å². The normalized spacial score (nSPS) is 27.2. The highest BCUT2D eigenvalue weighted by Crippen LogP contribution is 2.26. The van der Waals surface area contributed by atoms with E-state index in [4.69, 9.17) is 0 Å². The van der Waals surface area contributed by atoms with Crippen LogP contribution in [0.25, 0.3) is 0 Å². The van der Waals surface area contributed by atoms with Gasteiger partial charge in [-0.2, -0.15) is 12.6 Å². The van der Waals surface area contributed by atoms with Crippen LogP contribution in [-0.4, -0.2) is 30.3 Å². The minimum atomic E-state index is 0.872. The van der Waals surface area contributed by atoms with Crippen LogP contribution in [0.4, 0.5) is 0 Å². The molecule has 1 nitrogen and oxygen atoms in total. The van der Waals surface area contributed by atoms with Crippen molar-refractivity contribution in [1.29, 1.82) is 0 Å². The largest absolute Gasteiger partial charge is 0.303 e. The van der Waals surface area contributed by atoms with Gasteiger partial charge in [0.25, 0.3) is 0 Å². The Morgan fingerprint density at radius 1 is 1.07 bits per heavy atom. The lowest BCUT2D eigenvalue weighted by Gasteiger charge is -2.33. The van der Waals surface area contributed by atoms with E-state index in [0.29, 0.717) is 0 Å². The fourth-order valence-corrected chi connectivity index (χ4v) is 2.74. The fourth-order valence-electron chi connectivity index (χ4n) is 2.52. The summed E-state index contributed by atoms with van der Waals surface area (Å²) >= 11 is 4.24. The predicted molar refractivity (Wildman–Crippen MR) is 71.8 cm³/mol. The summed E-state index contributed by atoms with van der Waals surface area (Å²) in [5, 5.41) is 0. The summed E-state index contributed by atoms with van der Waals surface area (Å²) in [4.78, 5) is 2.59. The van der Waals surface area contributed by atoms with Crippen LogP contribution < -0.4 is 0 Å². The number of hydrogen-bond donors (Lipinski definition) is 1. The third kappa shape index (κ3) is 5.26. The van der Waals surface area contributed by atoms with E-state index >= 15 is 0 Å². The smallest absolute Gasteiger partial charge is 0.00924 e. The van der Waals surface area contributed by atoms with Crippen LogP contribution >= 0.6 is 12.6 Å². The second-order valence-corrected chi connectivity index (χ2v) is 5.63. The first kappa shape index (κ1) is 13.4. The van der Waals surface area contributed by atoms with Gasteiger partial charge in [0.2, 0.25) is 0 Å². The van der Waals surface area contributed by atoms with E-state index in [9.17, 15) is 0 Å². The molecule has 0 aliphatic heterocycles. The molecule has 0 heterocycles. The molecule has 0 bridgehead atoms. The molecule has 1 aliphatic rings. The molecule has 0 saturated heterocycles. The van der Waals surface area contributed by atoms with Gasteiger partial charge in [0.15, 0.2) is 0 Å². The van der Waals surface area contributed by atoms with Crippen LogP contribution in [0.2, 0.25) is 0 Å². The van der Waals surface area contributed by atoms with E-state index in [1.165, 1.54) is 51.5 Å². The van der Waals surface area contributed by atoms with Crippen LogP contribution in [-0.2, 0) is 0 Å². The quantitative estimate of drug-likeness (QED) is 0.538. The molecule has 1 rings (SSSR count). The summed E-state index contributed by atoms with van der Waals surface area (Å²) in [6.07, 6.45) is 9.69. The zero-order chi connectivity index (χ0) is 11.1. The Bertz CT molecular complexity index is 153. The zero-order valence-electron chi connectivity index (χ0n) is 10.4. The minimum absolute atomic E-state index is 0.872. The first-order chi connectivity index (χ1) is 7.24. The maximum atomic E-state index is 4.24. The lowest BCUT2D eigenvalue weighted by molar-refractivity contribution is 0.168. The van der Waals surface area contributed by atoms with Gasteiger partial charge in [0.1, 0.15) is 0 Å². The van der Waals surface area contributed by atoms with Gasteiger partial charge in [-0.05, 0) is 63.8 Å². The van der Waals surface area contributed by atoms with Gasteiger partial charge in [-0.1, -0.05) is 13.3 Å². The molecule has 1 aliphatic carbocycles. The van der Waals surface area contributed by atoms with Gasteiger partial charge in [0, 0.05) is 6.04 Å². The molecule has 0 N–H and O–H groups in total. The average Bonchev–Trinajstić information content (AvgIpc) is 2.25. The Labute approximate surface area is 101 Å². The van der Waals surface area contributed by atoms with E-state index in [0.717, 1.165) is 17.7 Å². The second kappa shape index (κ2) is 7.56. The van der Waals surface area contributed by atoms with Gasteiger partial charge in [-0.15, -0.1) is 0 Å². The van der Waals surface area contributed by atoms with Crippen LogP contribution in [0.5, 0.6) is 0 Å². The summed E-state index contributed by atoms with van der Waals surface area (Å²) in [5.74, 6) is 2.02. The first-order valence-corrected chi connectivity index (χ1v) is 7.18. The van der Waals surface area contributed by atoms with Crippen molar-refractivity contribution in [2.24, 2.45) is 5.92 Å². The standard InChI is InChI=1S/C13H27NS/c1-12-6-8-13(9-7-12)14(2)10-4-3-5-11-15/h12-13,15H,3-11H2,1-2H3. The molecule has 0 atom stereocenters. The molecule has 0 aromatic heterocycles. The zero-order valence-corrected chi connectivity index (χ0v) is 11.3. The Hall–Kier alpha value is 0.310. The van der Waals surface area contributed by atoms with Gasteiger partial charge < -0.3 is 4.90 Å². The molecule has 0 aromatic carbocycles. The van der Waals surface area contributed by atoms with Crippen molar-refractivity contribution in [3.63, 3.8) is 0 Å². The Morgan fingerprint density at radius 2 is 1.73 bits per heavy atom. The number of unbranched alkanes of at least 4 members (excludes halogenated alkanes) is 2. The molecule has 0 unspecified atom stereocenters. The van der Waals surface area contributed by atoms with Gasteiger partial charge >= 0.3 is 0 Å². The van der Waals surface area contributed by atoms with Crippen molar-refractivity contribution < 1.29 is 0 Å². The molecule has 90 valence electrons. The van der Waals surface area contributed by atoms with Crippen molar-refractivity contribution >= 4 is 12.6 Å². The predicted octanol–water partition coefficient (Wildman–Crippen LogP) is 3.60. The van der Waals surface area contributed by atoms with Gasteiger partial charge in [-0.25, -0.2) is 0 Å². The molecule has 0 radical (unpaired) electrons. The molecular weight excluding hydrogens is 202 g/mol. The Morgan fingerprint density at radius 3 is 2.33 bits per heavy atom. The highest BCUT2D eigenvalue weighted by molar-refractivity contribution is 7.80. The second-order valence-electron chi connectivity index (χ2n) is 5.18.